The van der Waals surface area contributed by atoms with Crippen molar-refractivity contribution < 1.29 is 24.2 Å². The van der Waals surface area contributed by atoms with Crippen molar-refractivity contribution in [2.24, 2.45) is 0 Å². The molecule has 0 saturated heterocycles. The lowest BCUT2D eigenvalue weighted by molar-refractivity contribution is -0.136. The van der Waals surface area contributed by atoms with Gasteiger partial charge in [0, 0.05) is 30.8 Å². The average molecular weight is 336 g/mol. The summed E-state index contributed by atoms with van der Waals surface area (Å²) in [5.74, 6) is -1.42. The first-order valence-corrected chi connectivity index (χ1v) is 7.90. The molecule has 0 spiro atoms. The van der Waals surface area contributed by atoms with Gasteiger partial charge in [-0.25, -0.2) is 0 Å². The van der Waals surface area contributed by atoms with Crippen molar-refractivity contribution >= 4 is 23.5 Å². The summed E-state index contributed by atoms with van der Waals surface area (Å²) in [6.45, 7) is 4.50. The van der Waals surface area contributed by atoms with E-state index in [0.29, 0.717) is 30.7 Å². The average Bonchev–Trinajstić information content (AvgIpc) is 2.51. The Morgan fingerprint density at radius 1 is 1.12 bits per heavy atom. The van der Waals surface area contributed by atoms with E-state index < -0.39 is 5.97 Å². The Hall–Kier alpha value is -2.41. The molecule has 132 valence electrons. The molecule has 0 heterocycles. The van der Waals surface area contributed by atoms with Gasteiger partial charge in [0.05, 0.1) is 12.5 Å². The highest BCUT2D eigenvalue weighted by atomic mass is 16.5. The van der Waals surface area contributed by atoms with Crippen LogP contribution >= 0.6 is 0 Å². The van der Waals surface area contributed by atoms with E-state index in [1.54, 1.807) is 24.3 Å². The molecule has 1 aromatic rings. The van der Waals surface area contributed by atoms with Crippen molar-refractivity contribution in [1.82, 2.24) is 5.32 Å². The van der Waals surface area contributed by atoms with Gasteiger partial charge in [-0.2, -0.15) is 0 Å². The maximum atomic E-state index is 11.8. The lowest BCUT2D eigenvalue weighted by atomic mass is 10.2. The van der Waals surface area contributed by atoms with Crippen LogP contribution in [-0.4, -0.2) is 42.1 Å². The van der Waals surface area contributed by atoms with Gasteiger partial charge in [-0.3, -0.25) is 14.4 Å². The van der Waals surface area contributed by atoms with E-state index in [4.69, 9.17) is 9.84 Å². The van der Waals surface area contributed by atoms with E-state index in [1.165, 1.54) is 0 Å². The molecular formula is C17H24N2O5. The molecular weight excluding hydrogens is 312 g/mol. The second-order valence-electron chi connectivity index (χ2n) is 5.55. The van der Waals surface area contributed by atoms with E-state index in [0.717, 1.165) is 0 Å². The molecule has 1 aromatic carbocycles. The largest absolute Gasteiger partial charge is 0.481 e. The molecule has 0 bridgehead atoms. The molecule has 0 radical (unpaired) electrons. The molecule has 3 N–H and O–H groups in total. The third kappa shape index (κ3) is 8.28. The Morgan fingerprint density at radius 2 is 1.79 bits per heavy atom. The van der Waals surface area contributed by atoms with Crippen LogP contribution < -0.4 is 10.6 Å². The van der Waals surface area contributed by atoms with Gasteiger partial charge in [0.15, 0.2) is 0 Å². The molecule has 0 aliphatic heterocycles. The van der Waals surface area contributed by atoms with Gasteiger partial charge < -0.3 is 20.5 Å². The summed E-state index contributed by atoms with van der Waals surface area (Å²) in [6, 6.07) is 6.42. The van der Waals surface area contributed by atoms with Crippen LogP contribution in [0.4, 0.5) is 5.69 Å². The van der Waals surface area contributed by atoms with Crippen LogP contribution in [0.2, 0.25) is 0 Å². The van der Waals surface area contributed by atoms with Crippen LogP contribution in [0.5, 0.6) is 0 Å². The van der Waals surface area contributed by atoms with Crippen molar-refractivity contribution in [3.8, 4) is 0 Å². The summed E-state index contributed by atoms with van der Waals surface area (Å²) in [5, 5.41) is 13.8. The highest BCUT2D eigenvalue weighted by Gasteiger charge is 2.07. The van der Waals surface area contributed by atoms with E-state index in [-0.39, 0.29) is 30.9 Å². The summed E-state index contributed by atoms with van der Waals surface area (Å²) in [7, 11) is 0. The number of carbonyl (C=O) groups is 3. The molecule has 7 nitrogen and oxygen atoms in total. The predicted molar refractivity (Wildman–Crippen MR) is 90.0 cm³/mol. The number of carboxylic acid groups (broad SMARTS) is 1. The summed E-state index contributed by atoms with van der Waals surface area (Å²) in [4.78, 5) is 34.0. The minimum Gasteiger partial charge on any atom is -0.481 e. The smallest absolute Gasteiger partial charge is 0.305 e. The van der Waals surface area contributed by atoms with Gasteiger partial charge in [-0.15, -0.1) is 0 Å². The molecule has 1 rings (SSSR count). The first-order valence-electron chi connectivity index (χ1n) is 7.90. The lowest BCUT2D eigenvalue weighted by Crippen LogP contribution is -2.25. The van der Waals surface area contributed by atoms with Crippen molar-refractivity contribution in [1.29, 1.82) is 0 Å². The minimum absolute atomic E-state index is 0.0745. The van der Waals surface area contributed by atoms with E-state index >= 15 is 0 Å². The molecule has 0 aliphatic rings. The van der Waals surface area contributed by atoms with Crippen LogP contribution in [0.15, 0.2) is 24.3 Å². The Balaban J connectivity index is 2.37. The Kier molecular flexibility index (Phi) is 8.49. The Morgan fingerprint density at radius 3 is 2.38 bits per heavy atom. The van der Waals surface area contributed by atoms with Crippen LogP contribution in [0.3, 0.4) is 0 Å². The zero-order chi connectivity index (χ0) is 17.9. The molecule has 0 aliphatic carbocycles. The van der Waals surface area contributed by atoms with Gasteiger partial charge in [0.25, 0.3) is 5.91 Å². The number of nitrogens with one attached hydrogen (secondary N) is 2. The summed E-state index contributed by atoms with van der Waals surface area (Å²) in [5.41, 5.74) is 1.01. The van der Waals surface area contributed by atoms with Crippen LogP contribution in [0.25, 0.3) is 0 Å². The number of carboxylic acids is 1. The van der Waals surface area contributed by atoms with Gasteiger partial charge in [-0.05, 0) is 44.5 Å². The van der Waals surface area contributed by atoms with Crippen molar-refractivity contribution in [2.45, 2.75) is 39.2 Å². The fraction of sp³-hybridized carbons (Fsp3) is 0.471. The summed E-state index contributed by atoms with van der Waals surface area (Å²) < 4.78 is 5.37. The molecule has 24 heavy (non-hydrogen) atoms. The number of benzene rings is 1. The third-order valence-electron chi connectivity index (χ3n) is 3.05. The van der Waals surface area contributed by atoms with Gasteiger partial charge in [0.2, 0.25) is 5.91 Å². The fourth-order valence-electron chi connectivity index (χ4n) is 1.87. The highest BCUT2D eigenvalue weighted by molar-refractivity contribution is 5.95. The van der Waals surface area contributed by atoms with Gasteiger partial charge in [0.1, 0.15) is 0 Å². The van der Waals surface area contributed by atoms with Crippen LogP contribution in [0, 0.1) is 0 Å². The van der Waals surface area contributed by atoms with E-state index in [2.05, 4.69) is 10.6 Å². The number of aliphatic carboxylic acids is 1. The number of ether oxygens (including phenoxy) is 1. The number of rotatable bonds is 10. The molecule has 0 aromatic heterocycles. The predicted octanol–water partition coefficient (Wildman–Crippen LogP) is 2.03. The standard InChI is InChI=1S/C17H24N2O5/c1-12(2)24-11-3-4-15(20)19-14-7-5-13(6-8-14)17(23)18-10-9-16(21)22/h5-8,12H,3-4,9-11H2,1-2H3,(H,18,23)(H,19,20)(H,21,22). The number of anilines is 1. The van der Waals surface area contributed by atoms with E-state index in [9.17, 15) is 14.4 Å². The van der Waals surface area contributed by atoms with Gasteiger partial charge >= 0.3 is 5.97 Å². The van der Waals surface area contributed by atoms with E-state index in [1.807, 2.05) is 13.8 Å². The molecule has 0 saturated carbocycles. The van der Waals surface area contributed by atoms with Crippen molar-refractivity contribution in [3.05, 3.63) is 29.8 Å². The molecule has 0 fully saturated rings. The minimum atomic E-state index is -0.966. The quantitative estimate of drug-likeness (QED) is 0.567. The SMILES string of the molecule is CC(C)OCCCC(=O)Nc1ccc(C(=O)NCCC(=O)O)cc1. The molecule has 2 amide bonds. The maximum Gasteiger partial charge on any atom is 0.305 e. The zero-order valence-corrected chi connectivity index (χ0v) is 14.0. The van der Waals surface area contributed by atoms with Crippen LogP contribution in [0.1, 0.15) is 43.5 Å². The molecule has 0 atom stereocenters. The highest BCUT2D eigenvalue weighted by Crippen LogP contribution is 2.10. The fourth-order valence-corrected chi connectivity index (χ4v) is 1.87. The van der Waals surface area contributed by atoms with Crippen LogP contribution in [-0.2, 0) is 14.3 Å². The topological polar surface area (TPSA) is 105 Å². The van der Waals surface area contributed by atoms with Crippen molar-refractivity contribution in [3.63, 3.8) is 0 Å². The van der Waals surface area contributed by atoms with Crippen molar-refractivity contribution in [2.75, 3.05) is 18.5 Å². The Bertz CT molecular complexity index is 555. The number of hydrogen-bond donors (Lipinski definition) is 3. The maximum absolute atomic E-state index is 11.8. The molecule has 0 unspecified atom stereocenters. The first-order chi connectivity index (χ1) is 11.4. The number of hydrogen-bond acceptors (Lipinski definition) is 4. The summed E-state index contributed by atoms with van der Waals surface area (Å²) >= 11 is 0. The second-order valence-corrected chi connectivity index (χ2v) is 5.55. The second kappa shape index (κ2) is 10.4. The number of carbonyl (C=O) groups excluding carboxylic acids is 2. The normalized spacial score (nSPS) is 10.5. The summed E-state index contributed by atoms with van der Waals surface area (Å²) in [6.07, 6.45) is 1.04. The van der Waals surface area contributed by atoms with Gasteiger partial charge in [-0.1, -0.05) is 0 Å². The molecule has 7 heteroatoms. The number of amides is 2. The zero-order valence-electron chi connectivity index (χ0n) is 14.0. The first kappa shape index (κ1) is 19.6. The third-order valence-corrected chi connectivity index (χ3v) is 3.05. The Labute approximate surface area is 141 Å². The lowest BCUT2D eigenvalue weighted by Gasteiger charge is -2.08. The monoisotopic (exact) mass is 336 g/mol.